The van der Waals surface area contributed by atoms with Crippen LogP contribution < -0.4 is 0 Å². The van der Waals surface area contributed by atoms with Crippen LogP contribution in [0.25, 0.3) is 11.0 Å². The van der Waals surface area contributed by atoms with Gasteiger partial charge in [-0.3, -0.25) is 4.79 Å². The first-order chi connectivity index (χ1) is 7.13. The van der Waals surface area contributed by atoms with E-state index in [9.17, 15) is 9.18 Å². The summed E-state index contributed by atoms with van der Waals surface area (Å²) in [7, 11) is 0. The van der Waals surface area contributed by atoms with Gasteiger partial charge in [-0.15, -0.1) is 0 Å². The zero-order valence-corrected chi connectivity index (χ0v) is 9.60. The number of ketones is 1. The van der Waals surface area contributed by atoms with Gasteiger partial charge in [-0.1, -0.05) is 15.9 Å². The van der Waals surface area contributed by atoms with Crippen molar-refractivity contribution in [3.63, 3.8) is 0 Å². The summed E-state index contributed by atoms with van der Waals surface area (Å²) in [5.74, 6) is -0.203. The van der Waals surface area contributed by atoms with E-state index >= 15 is 0 Å². The van der Waals surface area contributed by atoms with Gasteiger partial charge in [0, 0.05) is 17.0 Å². The highest BCUT2D eigenvalue weighted by Crippen LogP contribution is 2.26. The average Bonchev–Trinajstić information content (AvgIpc) is 2.54. The quantitative estimate of drug-likeness (QED) is 0.618. The summed E-state index contributed by atoms with van der Waals surface area (Å²) in [5.41, 5.74) is 1.17. The highest BCUT2D eigenvalue weighted by atomic mass is 79.9. The summed E-state index contributed by atoms with van der Waals surface area (Å²) in [6, 6.07) is 4.26. The van der Waals surface area contributed by atoms with Crippen LogP contribution in [0.5, 0.6) is 0 Å². The fourth-order valence-corrected chi connectivity index (χ4v) is 1.78. The number of hydrogen-bond donors (Lipinski definition) is 0. The molecule has 0 aliphatic heterocycles. The Balaban J connectivity index is 2.69. The molecule has 78 valence electrons. The van der Waals surface area contributed by atoms with Gasteiger partial charge in [-0.25, -0.2) is 4.39 Å². The molecule has 0 unspecified atom stereocenters. The molecule has 4 heteroatoms. The molecule has 0 fully saturated rings. The van der Waals surface area contributed by atoms with Crippen molar-refractivity contribution in [2.75, 3.05) is 5.33 Å². The summed E-state index contributed by atoms with van der Waals surface area (Å²) in [6.45, 7) is 1.79. The molecule has 0 aliphatic carbocycles. The van der Waals surface area contributed by atoms with Gasteiger partial charge in [-0.05, 0) is 19.1 Å². The summed E-state index contributed by atoms with van der Waals surface area (Å²) >= 11 is 3.07. The van der Waals surface area contributed by atoms with Gasteiger partial charge in [0.05, 0.1) is 5.33 Å². The van der Waals surface area contributed by atoms with Crippen LogP contribution in [0.3, 0.4) is 0 Å². The second kappa shape index (κ2) is 3.77. The number of fused-ring (bicyclic) bond motifs is 1. The first-order valence-corrected chi connectivity index (χ1v) is 5.53. The molecule has 0 aliphatic rings. The van der Waals surface area contributed by atoms with Crippen molar-refractivity contribution in [1.82, 2.24) is 0 Å². The first-order valence-electron chi connectivity index (χ1n) is 4.41. The Kier molecular flexibility index (Phi) is 2.61. The van der Waals surface area contributed by atoms with E-state index in [4.69, 9.17) is 4.42 Å². The average molecular weight is 271 g/mol. The number of benzene rings is 1. The van der Waals surface area contributed by atoms with Crippen LogP contribution in [-0.4, -0.2) is 11.1 Å². The van der Waals surface area contributed by atoms with Crippen LogP contribution in [0.2, 0.25) is 0 Å². The van der Waals surface area contributed by atoms with Gasteiger partial charge in [0.15, 0.2) is 5.76 Å². The molecule has 0 amide bonds. The summed E-state index contributed by atoms with van der Waals surface area (Å²) in [4.78, 5) is 11.5. The van der Waals surface area contributed by atoms with Gasteiger partial charge in [-0.2, -0.15) is 0 Å². The Morgan fingerprint density at radius 3 is 2.93 bits per heavy atom. The second-order valence-corrected chi connectivity index (χ2v) is 3.81. The van der Waals surface area contributed by atoms with Crippen LogP contribution in [0.4, 0.5) is 4.39 Å². The van der Waals surface area contributed by atoms with E-state index in [0.29, 0.717) is 11.3 Å². The highest BCUT2D eigenvalue weighted by Gasteiger charge is 2.16. The van der Waals surface area contributed by atoms with Crippen molar-refractivity contribution >= 4 is 32.7 Å². The van der Waals surface area contributed by atoms with Gasteiger partial charge in [0.1, 0.15) is 11.4 Å². The number of rotatable bonds is 2. The molecule has 1 aromatic heterocycles. The predicted octanol–water partition coefficient (Wildman–Crippen LogP) is 3.46. The lowest BCUT2D eigenvalue weighted by molar-refractivity contribution is 0.0994. The summed E-state index contributed by atoms with van der Waals surface area (Å²) in [5, 5.41) is 0.983. The molecule has 1 heterocycles. The fraction of sp³-hybridized carbons (Fsp3) is 0.182. The predicted molar refractivity (Wildman–Crippen MR) is 59.0 cm³/mol. The molecule has 2 rings (SSSR count). The Morgan fingerprint density at radius 1 is 1.53 bits per heavy atom. The Labute approximate surface area is 94.2 Å². The fourth-order valence-electron chi connectivity index (χ4n) is 1.53. The van der Waals surface area contributed by atoms with Crippen molar-refractivity contribution in [2.24, 2.45) is 0 Å². The standard InChI is InChI=1S/C11H8BrFO2/c1-6-8-3-2-7(13)4-10(8)15-11(6)9(14)5-12/h2-4H,5H2,1H3. The number of furan rings is 1. The highest BCUT2D eigenvalue weighted by molar-refractivity contribution is 9.09. The molecule has 0 bridgehead atoms. The minimum atomic E-state index is -0.367. The molecule has 0 spiro atoms. The topological polar surface area (TPSA) is 30.2 Å². The molecule has 2 aromatic rings. The molecule has 0 radical (unpaired) electrons. The maximum atomic E-state index is 12.9. The third-order valence-electron chi connectivity index (χ3n) is 2.27. The van der Waals surface area contributed by atoms with Crippen LogP contribution in [0.1, 0.15) is 16.1 Å². The minimum Gasteiger partial charge on any atom is -0.453 e. The monoisotopic (exact) mass is 270 g/mol. The van der Waals surface area contributed by atoms with Gasteiger partial charge >= 0.3 is 0 Å². The zero-order chi connectivity index (χ0) is 11.0. The van der Waals surface area contributed by atoms with Gasteiger partial charge in [0.25, 0.3) is 0 Å². The lowest BCUT2D eigenvalue weighted by Crippen LogP contribution is -1.99. The second-order valence-electron chi connectivity index (χ2n) is 3.25. The molecule has 15 heavy (non-hydrogen) atoms. The van der Waals surface area contributed by atoms with Crippen LogP contribution >= 0.6 is 15.9 Å². The maximum Gasteiger partial charge on any atom is 0.208 e. The summed E-state index contributed by atoms with van der Waals surface area (Å²) in [6.07, 6.45) is 0. The van der Waals surface area contributed by atoms with Crippen LogP contribution in [0, 0.1) is 12.7 Å². The number of carbonyl (C=O) groups is 1. The molecular weight excluding hydrogens is 263 g/mol. The van der Waals surface area contributed by atoms with Crippen molar-refractivity contribution in [2.45, 2.75) is 6.92 Å². The van der Waals surface area contributed by atoms with Crippen molar-refractivity contribution in [3.8, 4) is 0 Å². The van der Waals surface area contributed by atoms with Crippen molar-refractivity contribution < 1.29 is 13.6 Å². The van der Waals surface area contributed by atoms with E-state index < -0.39 is 0 Å². The Bertz CT molecular complexity index is 531. The van der Waals surface area contributed by atoms with E-state index in [2.05, 4.69) is 15.9 Å². The first kappa shape index (κ1) is 10.4. The molecular formula is C11H8BrFO2. The molecule has 0 N–H and O–H groups in total. The van der Waals surface area contributed by atoms with Gasteiger partial charge < -0.3 is 4.42 Å². The van der Waals surface area contributed by atoms with Gasteiger partial charge in [0.2, 0.25) is 5.78 Å². The van der Waals surface area contributed by atoms with E-state index in [1.54, 1.807) is 13.0 Å². The number of aryl methyl sites for hydroxylation is 1. The third kappa shape index (κ3) is 1.69. The third-order valence-corrected chi connectivity index (χ3v) is 2.78. The van der Waals surface area contributed by atoms with E-state index in [1.807, 2.05) is 0 Å². The minimum absolute atomic E-state index is 0.135. The maximum absolute atomic E-state index is 12.9. The summed E-state index contributed by atoms with van der Waals surface area (Å²) < 4.78 is 18.2. The van der Waals surface area contributed by atoms with Crippen molar-refractivity contribution in [3.05, 3.63) is 35.3 Å². The Morgan fingerprint density at radius 2 is 2.27 bits per heavy atom. The smallest absolute Gasteiger partial charge is 0.208 e. The van der Waals surface area contributed by atoms with Crippen LogP contribution in [0.15, 0.2) is 22.6 Å². The number of hydrogen-bond acceptors (Lipinski definition) is 2. The number of carbonyl (C=O) groups excluding carboxylic acids is 1. The molecule has 0 saturated carbocycles. The normalized spacial score (nSPS) is 10.9. The largest absolute Gasteiger partial charge is 0.453 e. The SMILES string of the molecule is Cc1c(C(=O)CBr)oc2cc(F)ccc12. The van der Waals surface area contributed by atoms with E-state index in [0.717, 1.165) is 10.9 Å². The van der Waals surface area contributed by atoms with Crippen LogP contribution in [-0.2, 0) is 0 Å². The molecule has 0 atom stereocenters. The Hall–Kier alpha value is -1.16. The lowest BCUT2D eigenvalue weighted by Gasteiger charge is -1.91. The lowest BCUT2D eigenvalue weighted by atomic mass is 10.1. The zero-order valence-electron chi connectivity index (χ0n) is 8.01. The van der Waals surface area contributed by atoms with E-state index in [1.165, 1.54) is 12.1 Å². The number of halogens is 2. The number of Topliss-reactive ketones (excluding diaryl/α,β-unsaturated/α-hetero) is 1. The molecule has 1 aromatic carbocycles. The molecule has 2 nitrogen and oxygen atoms in total. The molecule has 0 saturated heterocycles. The number of alkyl halides is 1. The van der Waals surface area contributed by atoms with E-state index in [-0.39, 0.29) is 16.9 Å². The van der Waals surface area contributed by atoms with Crippen molar-refractivity contribution in [1.29, 1.82) is 0 Å².